The van der Waals surface area contributed by atoms with Gasteiger partial charge in [0.2, 0.25) is 0 Å². The minimum absolute atomic E-state index is 0.217. The first kappa shape index (κ1) is 21.1. The van der Waals surface area contributed by atoms with Crippen molar-refractivity contribution < 1.29 is 0 Å². The van der Waals surface area contributed by atoms with E-state index in [1.807, 2.05) is 24.3 Å². The SMILES string of the molecule is Cn1c(=O)cc(NCc2cccnc2)c2c(=O)n(-c3ccccc3)c(=O)n(-c3ccccc3)c21. The summed E-state index contributed by atoms with van der Waals surface area (Å²) in [6.07, 6.45) is 3.38. The monoisotopic (exact) mass is 451 g/mol. The van der Waals surface area contributed by atoms with Crippen molar-refractivity contribution in [1.29, 1.82) is 0 Å². The van der Waals surface area contributed by atoms with Gasteiger partial charge in [0, 0.05) is 32.1 Å². The summed E-state index contributed by atoms with van der Waals surface area (Å²) in [6.45, 7) is 0.353. The van der Waals surface area contributed by atoms with Crippen LogP contribution in [-0.2, 0) is 13.6 Å². The number of pyridine rings is 2. The Morgan fingerprint density at radius 3 is 2.09 bits per heavy atom. The van der Waals surface area contributed by atoms with Crippen LogP contribution >= 0.6 is 0 Å². The van der Waals surface area contributed by atoms with Crippen LogP contribution in [0.2, 0.25) is 0 Å². The van der Waals surface area contributed by atoms with Crippen LogP contribution in [0, 0.1) is 0 Å². The Bertz CT molecular complexity index is 1660. The number of aromatic nitrogens is 4. The summed E-state index contributed by atoms with van der Waals surface area (Å²) in [4.78, 5) is 44.6. The summed E-state index contributed by atoms with van der Waals surface area (Å²) in [7, 11) is 1.56. The molecule has 0 aliphatic heterocycles. The zero-order chi connectivity index (χ0) is 23.7. The van der Waals surface area contributed by atoms with E-state index >= 15 is 0 Å². The van der Waals surface area contributed by atoms with Crippen LogP contribution in [0.15, 0.2) is 106 Å². The average molecular weight is 451 g/mol. The molecule has 0 atom stereocenters. The van der Waals surface area contributed by atoms with E-state index in [0.717, 1.165) is 10.1 Å². The summed E-state index contributed by atoms with van der Waals surface area (Å²) in [5.41, 5.74) is 1.02. The highest BCUT2D eigenvalue weighted by atomic mass is 16.2. The highest BCUT2D eigenvalue weighted by molar-refractivity contribution is 5.89. The van der Waals surface area contributed by atoms with E-state index in [-0.39, 0.29) is 16.6 Å². The van der Waals surface area contributed by atoms with E-state index in [4.69, 9.17) is 0 Å². The van der Waals surface area contributed by atoms with Gasteiger partial charge in [-0.15, -0.1) is 0 Å². The van der Waals surface area contributed by atoms with Gasteiger partial charge in [-0.05, 0) is 35.9 Å². The highest BCUT2D eigenvalue weighted by Gasteiger charge is 2.21. The first-order valence-electron chi connectivity index (χ1n) is 10.7. The van der Waals surface area contributed by atoms with Crippen LogP contribution in [0.5, 0.6) is 0 Å². The third kappa shape index (κ3) is 3.61. The average Bonchev–Trinajstić information content (AvgIpc) is 2.87. The first-order chi connectivity index (χ1) is 16.6. The summed E-state index contributed by atoms with van der Waals surface area (Å²) >= 11 is 0. The van der Waals surface area contributed by atoms with Crippen molar-refractivity contribution in [3.63, 3.8) is 0 Å². The molecule has 8 nitrogen and oxygen atoms in total. The number of rotatable bonds is 5. The van der Waals surface area contributed by atoms with Crippen molar-refractivity contribution in [2.24, 2.45) is 7.05 Å². The molecule has 0 spiro atoms. The number of aryl methyl sites for hydroxylation is 1. The van der Waals surface area contributed by atoms with Crippen LogP contribution in [0.3, 0.4) is 0 Å². The zero-order valence-corrected chi connectivity index (χ0v) is 18.4. The molecular weight excluding hydrogens is 430 g/mol. The minimum atomic E-state index is -0.561. The molecule has 3 aromatic heterocycles. The maximum atomic E-state index is 13.8. The standard InChI is InChI=1S/C26H21N5O3/c1-29-22(32)15-21(28-17-18-9-8-14-27-16-18)23-24(29)30(19-10-4-2-5-11-19)26(34)31(25(23)33)20-12-6-3-7-13-20/h2-16,28H,17H2,1H3. The molecule has 5 rings (SSSR count). The van der Waals surface area contributed by atoms with Gasteiger partial charge in [-0.1, -0.05) is 42.5 Å². The van der Waals surface area contributed by atoms with E-state index in [2.05, 4.69) is 10.3 Å². The molecule has 34 heavy (non-hydrogen) atoms. The Hall–Kier alpha value is -4.72. The Labute approximate surface area is 194 Å². The third-order valence-corrected chi connectivity index (χ3v) is 5.65. The molecule has 0 amide bonds. The minimum Gasteiger partial charge on any atom is -0.380 e. The lowest BCUT2D eigenvalue weighted by molar-refractivity contribution is 0.783. The van der Waals surface area contributed by atoms with Gasteiger partial charge in [-0.3, -0.25) is 19.1 Å². The highest BCUT2D eigenvalue weighted by Crippen LogP contribution is 2.21. The van der Waals surface area contributed by atoms with Gasteiger partial charge in [-0.2, -0.15) is 0 Å². The Balaban J connectivity index is 1.88. The second-order valence-corrected chi connectivity index (χ2v) is 7.80. The van der Waals surface area contributed by atoms with E-state index in [9.17, 15) is 14.4 Å². The van der Waals surface area contributed by atoms with Gasteiger partial charge in [0.05, 0.1) is 17.1 Å². The molecule has 0 bridgehead atoms. The van der Waals surface area contributed by atoms with Gasteiger partial charge < -0.3 is 5.32 Å². The molecule has 0 aliphatic carbocycles. The van der Waals surface area contributed by atoms with Crippen molar-refractivity contribution in [1.82, 2.24) is 18.7 Å². The molecule has 0 saturated heterocycles. The molecule has 168 valence electrons. The number of anilines is 1. The van der Waals surface area contributed by atoms with Crippen molar-refractivity contribution in [2.45, 2.75) is 6.54 Å². The molecule has 8 heteroatoms. The summed E-state index contributed by atoms with van der Waals surface area (Å²) < 4.78 is 3.87. The number of hydrogen-bond acceptors (Lipinski definition) is 5. The van der Waals surface area contributed by atoms with Gasteiger partial charge in [-0.25, -0.2) is 13.9 Å². The van der Waals surface area contributed by atoms with Crippen LogP contribution in [0.25, 0.3) is 22.4 Å². The topological polar surface area (TPSA) is 90.9 Å². The maximum Gasteiger partial charge on any atom is 0.341 e. The molecule has 2 aromatic carbocycles. The number of nitrogens with zero attached hydrogens (tertiary/aromatic N) is 4. The molecule has 0 unspecified atom stereocenters. The Morgan fingerprint density at radius 1 is 0.824 bits per heavy atom. The van der Waals surface area contributed by atoms with Crippen molar-refractivity contribution in [3.8, 4) is 11.4 Å². The molecule has 5 aromatic rings. The smallest absolute Gasteiger partial charge is 0.341 e. The fraction of sp³-hybridized carbons (Fsp3) is 0.0769. The van der Waals surface area contributed by atoms with E-state index in [0.29, 0.717) is 23.6 Å². The van der Waals surface area contributed by atoms with Gasteiger partial charge in [0.15, 0.2) is 0 Å². The fourth-order valence-electron chi connectivity index (χ4n) is 4.00. The molecular formula is C26H21N5O3. The lowest BCUT2D eigenvalue weighted by atomic mass is 10.2. The van der Waals surface area contributed by atoms with E-state index < -0.39 is 11.2 Å². The second kappa shape index (κ2) is 8.67. The first-order valence-corrected chi connectivity index (χ1v) is 10.7. The number of hydrogen-bond donors (Lipinski definition) is 1. The third-order valence-electron chi connectivity index (χ3n) is 5.65. The second-order valence-electron chi connectivity index (χ2n) is 7.80. The molecule has 0 aliphatic rings. The zero-order valence-electron chi connectivity index (χ0n) is 18.4. The molecule has 0 fully saturated rings. The van der Waals surface area contributed by atoms with Crippen LogP contribution in [-0.4, -0.2) is 18.7 Å². The Kier molecular flexibility index (Phi) is 5.39. The normalized spacial score (nSPS) is 11.0. The van der Waals surface area contributed by atoms with Gasteiger partial charge in [0.1, 0.15) is 11.0 Å². The Morgan fingerprint density at radius 2 is 1.47 bits per heavy atom. The molecule has 0 saturated carbocycles. The predicted molar refractivity (Wildman–Crippen MR) is 132 cm³/mol. The van der Waals surface area contributed by atoms with Crippen molar-refractivity contribution in [3.05, 3.63) is 128 Å². The largest absolute Gasteiger partial charge is 0.380 e. The van der Waals surface area contributed by atoms with Crippen LogP contribution in [0.1, 0.15) is 5.56 Å². The van der Waals surface area contributed by atoms with E-state index in [1.54, 1.807) is 68.0 Å². The lowest BCUT2D eigenvalue weighted by Gasteiger charge is -2.19. The predicted octanol–water partition coefficient (Wildman–Crippen LogP) is 2.85. The fourth-order valence-corrected chi connectivity index (χ4v) is 4.00. The quantitative estimate of drug-likeness (QED) is 0.444. The van der Waals surface area contributed by atoms with Crippen LogP contribution < -0.4 is 22.1 Å². The number of para-hydroxylation sites is 2. The molecule has 3 heterocycles. The molecule has 0 radical (unpaired) electrons. The summed E-state index contributed by atoms with van der Waals surface area (Å²) in [6, 6.07) is 22.8. The molecule has 1 N–H and O–H groups in total. The lowest BCUT2D eigenvalue weighted by Crippen LogP contribution is -2.40. The number of nitrogens with one attached hydrogen (secondary N) is 1. The van der Waals surface area contributed by atoms with E-state index in [1.165, 1.54) is 15.2 Å². The van der Waals surface area contributed by atoms with Crippen molar-refractivity contribution >= 4 is 16.7 Å². The summed E-state index contributed by atoms with van der Waals surface area (Å²) in [5, 5.41) is 3.44. The number of benzene rings is 2. The van der Waals surface area contributed by atoms with Gasteiger partial charge >= 0.3 is 5.69 Å². The summed E-state index contributed by atoms with van der Waals surface area (Å²) in [5.74, 6) is 0. The van der Waals surface area contributed by atoms with Crippen LogP contribution in [0.4, 0.5) is 5.69 Å². The van der Waals surface area contributed by atoms with Crippen molar-refractivity contribution in [2.75, 3.05) is 5.32 Å². The maximum absolute atomic E-state index is 13.8. The number of fused-ring (bicyclic) bond motifs is 1. The van der Waals surface area contributed by atoms with Gasteiger partial charge in [0.25, 0.3) is 11.1 Å².